The van der Waals surface area contributed by atoms with Crippen LogP contribution in [-0.4, -0.2) is 43.6 Å². The lowest BCUT2D eigenvalue weighted by atomic mass is 9.75. The van der Waals surface area contributed by atoms with Crippen molar-refractivity contribution in [3.63, 3.8) is 0 Å². The SMILES string of the molecule is COCC(=O)Nc1cccc(CNC(=O)N2CCC(C)(C)CC(C)(C)C2)c1. The van der Waals surface area contributed by atoms with Crippen molar-refractivity contribution in [2.45, 2.75) is 47.1 Å². The van der Waals surface area contributed by atoms with Gasteiger partial charge in [-0.1, -0.05) is 39.8 Å². The van der Waals surface area contributed by atoms with Gasteiger partial charge in [-0.3, -0.25) is 4.79 Å². The second kappa shape index (κ2) is 8.74. The topological polar surface area (TPSA) is 70.7 Å². The molecule has 1 saturated heterocycles. The van der Waals surface area contributed by atoms with Crippen molar-refractivity contribution in [1.82, 2.24) is 10.2 Å². The highest BCUT2D eigenvalue weighted by Crippen LogP contribution is 2.39. The Balaban J connectivity index is 1.94. The average molecular weight is 376 g/mol. The smallest absolute Gasteiger partial charge is 0.317 e. The van der Waals surface area contributed by atoms with Gasteiger partial charge in [-0.05, 0) is 41.4 Å². The minimum absolute atomic E-state index is 0.0159. The summed E-state index contributed by atoms with van der Waals surface area (Å²) in [4.78, 5) is 26.3. The van der Waals surface area contributed by atoms with E-state index >= 15 is 0 Å². The first kappa shape index (κ1) is 21.2. The minimum Gasteiger partial charge on any atom is -0.375 e. The normalized spacial score (nSPS) is 18.5. The van der Waals surface area contributed by atoms with Gasteiger partial charge >= 0.3 is 6.03 Å². The van der Waals surface area contributed by atoms with Gasteiger partial charge in [0.15, 0.2) is 0 Å². The zero-order valence-corrected chi connectivity index (χ0v) is 17.2. The van der Waals surface area contributed by atoms with Gasteiger partial charge in [-0.25, -0.2) is 4.79 Å². The minimum atomic E-state index is -0.201. The number of carbonyl (C=O) groups excluding carboxylic acids is 2. The summed E-state index contributed by atoms with van der Waals surface area (Å²) in [7, 11) is 1.48. The fourth-order valence-corrected chi connectivity index (χ4v) is 4.02. The number of anilines is 1. The van der Waals surface area contributed by atoms with E-state index in [2.05, 4.69) is 38.3 Å². The maximum Gasteiger partial charge on any atom is 0.317 e. The van der Waals surface area contributed by atoms with Crippen molar-refractivity contribution in [3.05, 3.63) is 29.8 Å². The Bertz CT molecular complexity index is 670. The van der Waals surface area contributed by atoms with Crippen molar-refractivity contribution in [1.29, 1.82) is 0 Å². The Hall–Kier alpha value is -2.08. The van der Waals surface area contributed by atoms with Crippen LogP contribution in [0.4, 0.5) is 10.5 Å². The Morgan fingerprint density at radius 3 is 2.63 bits per heavy atom. The van der Waals surface area contributed by atoms with E-state index in [4.69, 9.17) is 4.74 Å². The molecule has 0 aromatic heterocycles. The highest BCUT2D eigenvalue weighted by Gasteiger charge is 2.35. The van der Waals surface area contributed by atoms with Crippen LogP contribution in [0.15, 0.2) is 24.3 Å². The molecule has 1 aliphatic heterocycles. The highest BCUT2D eigenvalue weighted by atomic mass is 16.5. The molecule has 1 aromatic rings. The molecule has 6 nitrogen and oxygen atoms in total. The molecule has 1 heterocycles. The van der Waals surface area contributed by atoms with Crippen LogP contribution in [0.1, 0.15) is 46.1 Å². The van der Waals surface area contributed by atoms with E-state index in [9.17, 15) is 9.59 Å². The molecule has 2 rings (SSSR count). The highest BCUT2D eigenvalue weighted by molar-refractivity contribution is 5.91. The summed E-state index contributed by atoms with van der Waals surface area (Å²) >= 11 is 0. The molecule has 1 aromatic carbocycles. The van der Waals surface area contributed by atoms with Crippen LogP contribution in [0.25, 0.3) is 0 Å². The lowest BCUT2D eigenvalue weighted by molar-refractivity contribution is -0.119. The molecule has 6 heteroatoms. The third-order valence-electron chi connectivity index (χ3n) is 4.85. The van der Waals surface area contributed by atoms with Gasteiger partial charge in [-0.2, -0.15) is 0 Å². The lowest BCUT2D eigenvalue weighted by Gasteiger charge is -2.32. The number of rotatable bonds is 5. The van der Waals surface area contributed by atoms with Gasteiger partial charge in [0.1, 0.15) is 6.61 Å². The molecule has 0 spiro atoms. The van der Waals surface area contributed by atoms with E-state index in [-0.39, 0.29) is 29.4 Å². The lowest BCUT2D eigenvalue weighted by Crippen LogP contribution is -2.43. The number of benzene rings is 1. The average Bonchev–Trinajstić information content (AvgIpc) is 2.67. The van der Waals surface area contributed by atoms with Gasteiger partial charge < -0.3 is 20.3 Å². The number of amides is 3. The summed E-state index contributed by atoms with van der Waals surface area (Å²) in [6.07, 6.45) is 2.11. The fraction of sp³-hybridized carbons (Fsp3) is 0.619. The molecule has 0 bridgehead atoms. The fourth-order valence-electron chi connectivity index (χ4n) is 4.02. The summed E-state index contributed by atoms with van der Waals surface area (Å²) in [5.41, 5.74) is 1.98. The number of hydrogen-bond donors (Lipinski definition) is 2. The first-order chi connectivity index (χ1) is 12.6. The van der Waals surface area contributed by atoms with Gasteiger partial charge in [0.2, 0.25) is 5.91 Å². The standard InChI is InChI=1S/C21H33N3O3/c1-20(2)9-10-24(15-21(3,4)14-20)19(26)22-12-16-7-6-8-17(11-16)23-18(25)13-27-5/h6-8,11H,9-10,12-15H2,1-5H3,(H,22,26)(H,23,25). The van der Waals surface area contributed by atoms with Crippen molar-refractivity contribution in [2.75, 3.05) is 32.1 Å². The van der Waals surface area contributed by atoms with Crippen LogP contribution in [0.5, 0.6) is 0 Å². The number of carbonyl (C=O) groups is 2. The van der Waals surface area contributed by atoms with Crippen LogP contribution in [0.2, 0.25) is 0 Å². The number of nitrogens with one attached hydrogen (secondary N) is 2. The van der Waals surface area contributed by atoms with E-state index in [1.54, 1.807) is 0 Å². The summed E-state index contributed by atoms with van der Waals surface area (Å²) in [6, 6.07) is 7.44. The van der Waals surface area contributed by atoms with Crippen LogP contribution < -0.4 is 10.6 Å². The van der Waals surface area contributed by atoms with Crippen molar-refractivity contribution >= 4 is 17.6 Å². The number of hydrogen-bond acceptors (Lipinski definition) is 3. The van der Waals surface area contributed by atoms with E-state index < -0.39 is 0 Å². The monoisotopic (exact) mass is 375 g/mol. The predicted molar refractivity (Wildman–Crippen MR) is 108 cm³/mol. The Labute approximate surface area is 162 Å². The van der Waals surface area contributed by atoms with Gasteiger partial charge in [0, 0.05) is 32.4 Å². The van der Waals surface area contributed by atoms with Crippen molar-refractivity contribution < 1.29 is 14.3 Å². The summed E-state index contributed by atoms with van der Waals surface area (Å²) in [6.45, 7) is 11.0. The van der Waals surface area contributed by atoms with E-state index in [1.165, 1.54) is 7.11 Å². The number of ether oxygens (including phenoxy) is 1. The molecule has 1 aliphatic rings. The van der Waals surface area contributed by atoms with Gasteiger partial charge in [0.05, 0.1) is 0 Å². The maximum absolute atomic E-state index is 12.7. The molecule has 0 unspecified atom stereocenters. The molecule has 3 amide bonds. The molecule has 0 saturated carbocycles. The molecular formula is C21H33N3O3. The van der Waals surface area contributed by atoms with Crippen LogP contribution >= 0.6 is 0 Å². The van der Waals surface area contributed by atoms with E-state index in [0.29, 0.717) is 12.2 Å². The van der Waals surface area contributed by atoms with E-state index in [0.717, 1.165) is 31.5 Å². The van der Waals surface area contributed by atoms with Crippen molar-refractivity contribution in [3.8, 4) is 0 Å². The number of urea groups is 1. The zero-order chi connectivity index (χ0) is 20.1. The summed E-state index contributed by atoms with van der Waals surface area (Å²) < 4.78 is 4.82. The first-order valence-corrected chi connectivity index (χ1v) is 9.51. The molecule has 1 fully saturated rings. The molecule has 150 valence electrons. The summed E-state index contributed by atoms with van der Waals surface area (Å²) in [5.74, 6) is -0.201. The number of likely N-dealkylation sites (tertiary alicyclic amines) is 1. The van der Waals surface area contributed by atoms with Crippen LogP contribution in [-0.2, 0) is 16.1 Å². The molecule has 2 N–H and O–H groups in total. The second-order valence-corrected chi connectivity index (χ2v) is 9.02. The Morgan fingerprint density at radius 2 is 1.93 bits per heavy atom. The van der Waals surface area contributed by atoms with Crippen LogP contribution in [0, 0.1) is 10.8 Å². The van der Waals surface area contributed by atoms with Crippen LogP contribution in [0.3, 0.4) is 0 Å². The predicted octanol–water partition coefficient (Wildman–Crippen LogP) is 3.63. The van der Waals surface area contributed by atoms with Crippen molar-refractivity contribution in [2.24, 2.45) is 10.8 Å². The first-order valence-electron chi connectivity index (χ1n) is 9.51. The number of methoxy groups -OCH3 is 1. The molecule has 27 heavy (non-hydrogen) atoms. The zero-order valence-electron chi connectivity index (χ0n) is 17.2. The molecule has 0 radical (unpaired) electrons. The van der Waals surface area contributed by atoms with Gasteiger partial charge in [-0.15, -0.1) is 0 Å². The second-order valence-electron chi connectivity index (χ2n) is 9.02. The summed E-state index contributed by atoms with van der Waals surface area (Å²) in [5, 5.41) is 5.79. The Morgan fingerprint density at radius 1 is 1.19 bits per heavy atom. The third-order valence-corrected chi connectivity index (χ3v) is 4.85. The molecule has 0 aliphatic carbocycles. The molecule has 0 atom stereocenters. The Kier molecular flexibility index (Phi) is 6.87. The number of nitrogens with zero attached hydrogens (tertiary/aromatic N) is 1. The largest absolute Gasteiger partial charge is 0.375 e. The van der Waals surface area contributed by atoms with E-state index in [1.807, 2.05) is 29.2 Å². The third kappa shape index (κ3) is 6.86. The quantitative estimate of drug-likeness (QED) is 0.826. The van der Waals surface area contributed by atoms with Gasteiger partial charge in [0.25, 0.3) is 0 Å². The maximum atomic E-state index is 12.7. The molecular weight excluding hydrogens is 342 g/mol.